The minimum absolute atomic E-state index is 0.220. The normalized spacial score (nSPS) is 16.5. The summed E-state index contributed by atoms with van der Waals surface area (Å²) in [5, 5.41) is 8.04. The van der Waals surface area contributed by atoms with Crippen molar-refractivity contribution in [1.82, 2.24) is 15.1 Å². The second kappa shape index (κ2) is 6.01. The zero-order valence-corrected chi connectivity index (χ0v) is 13.8. The molecule has 0 fully saturated rings. The maximum Gasteiger partial charge on any atom is 0.130 e. The molecule has 118 valence electrons. The monoisotopic (exact) mass is 300 g/mol. The van der Waals surface area contributed by atoms with Crippen LogP contribution in [0.15, 0.2) is 24.3 Å². The van der Waals surface area contributed by atoms with E-state index in [4.69, 9.17) is 4.74 Å². The fourth-order valence-electron chi connectivity index (χ4n) is 3.18. The van der Waals surface area contributed by atoms with Gasteiger partial charge in [-0.15, -0.1) is 0 Å². The van der Waals surface area contributed by atoms with Crippen LogP contribution in [0.4, 0.5) is 5.82 Å². The van der Waals surface area contributed by atoms with Gasteiger partial charge >= 0.3 is 0 Å². The van der Waals surface area contributed by atoms with E-state index < -0.39 is 0 Å². The molecule has 1 aromatic carbocycles. The van der Waals surface area contributed by atoms with Crippen LogP contribution in [0.3, 0.4) is 0 Å². The van der Waals surface area contributed by atoms with Crippen molar-refractivity contribution in [3.05, 3.63) is 41.1 Å². The van der Waals surface area contributed by atoms with Crippen molar-refractivity contribution in [3.63, 3.8) is 0 Å². The average Bonchev–Trinajstić information content (AvgIpc) is 2.99. The maximum atomic E-state index is 5.96. The molecule has 0 bridgehead atoms. The van der Waals surface area contributed by atoms with E-state index in [9.17, 15) is 0 Å². The first-order valence-electron chi connectivity index (χ1n) is 7.71. The van der Waals surface area contributed by atoms with Crippen molar-refractivity contribution < 1.29 is 4.74 Å². The Morgan fingerprint density at radius 2 is 2.14 bits per heavy atom. The fourth-order valence-corrected chi connectivity index (χ4v) is 3.18. The highest BCUT2D eigenvalue weighted by molar-refractivity contribution is 5.48. The quantitative estimate of drug-likeness (QED) is 0.915. The molecule has 0 amide bonds. The summed E-state index contributed by atoms with van der Waals surface area (Å²) in [7, 11) is 6.09. The molecule has 0 spiro atoms. The van der Waals surface area contributed by atoms with Crippen molar-refractivity contribution in [3.8, 4) is 5.75 Å². The Balaban J connectivity index is 1.59. The number of anilines is 1. The van der Waals surface area contributed by atoms with Crippen molar-refractivity contribution >= 4 is 5.82 Å². The summed E-state index contributed by atoms with van der Waals surface area (Å²) >= 11 is 0. The molecule has 0 saturated heterocycles. The Hall–Kier alpha value is -2.01. The zero-order valence-electron chi connectivity index (χ0n) is 13.8. The average molecular weight is 300 g/mol. The van der Waals surface area contributed by atoms with E-state index >= 15 is 0 Å². The lowest BCUT2D eigenvalue weighted by atomic mass is 10.1. The highest BCUT2D eigenvalue weighted by Crippen LogP contribution is 2.28. The van der Waals surface area contributed by atoms with Crippen molar-refractivity contribution in [1.29, 1.82) is 0 Å². The van der Waals surface area contributed by atoms with Crippen LogP contribution in [0, 0.1) is 6.92 Å². The molecule has 3 rings (SSSR count). The number of hydrogen-bond donors (Lipinski definition) is 1. The van der Waals surface area contributed by atoms with Gasteiger partial charge in [-0.25, -0.2) is 0 Å². The third-order valence-corrected chi connectivity index (χ3v) is 4.12. The summed E-state index contributed by atoms with van der Waals surface area (Å²) in [5.74, 6) is 2.18. The number of benzene rings is 1. The Morgan fingerprint density at radius 3 is 2.86 bits per heavy atom. The molecule has 1 atom stereocenters. The van der Waals surface area contributed by atoms with Gasteiger partial charge in [0.25, 0.3) is 0 Å². The third kappa shape index (κ3) is 2.81. The minimum Gasteiger partial charge on any atom is -0.488 e. The van der Waals surface area contributed by atoms with Crippen LogP contribution in [-0.2, 0) is 20.0 Å². The number of aryl methyl sites for hydroxylation is 2. The number of rotatable bonds is 5. The summed E-state index contributed by atoms with van der Waals surface area (Å²) in [4.78, 5) is 2.11. The van der Waals surface area contributed by atoms with E-state index in [2.05, 4.69) is 48.5 Å². The SMILES string of the molecule is Cc1nn(C)c(N(C)C)c1CNC[C@H]1Cc2ccccc2O1. The van der Waals surface area contributed by atoms with Gasteiger partial charge in [0.2, 0.25) is 0 Å². The van der Waals surface area contributed by atoms with Crippen LogP contribution >= 0.6 is 0 Å². The standard InChI is InChI=1S/C17H24N4O/c1-12-15(17(20(2)3)21(4)19-12)11-18-10-14-9-13-7-5-6-8-16(13)22-14/h5-8,14,18H,9-11H2,1-4H3/t14-/m1/s1. The van der Waals surface area contributed by atoms with Crippen LogP contribution < -0.4 is 15.0 Å². The molecule has 1 N–H and O–H groups in total. The summed E-state index contributed by atoms with van der Waals surface area (Å²) in [5.41, 5.74) is 3.64. The number of nitrogens with one attached hydrogen (secondary N) is 1. The molecule has 22 heavy (non-hydrogen) atoms. The Morgan fingerprint density at radius 1 is 1.36 bits per heavy atom. The number of ether oxygens (including phenoxy) is 1. The molecule has 1 aromatic heterocycles. The smallest absolute Gasteiger partial charge is 0.130 e. The molecule has 2 heterocycles. The summed E-state index contributed by atoms with van der Waals surface area (Å²) in [6, 6.07) is 8.28. The Kier molecular flexibility index (Phi) is 4.07. The number of aromatic nitrogens is 2. The lowest BCUT2D eigenvalue weighted by Crippen LogP contribution is -2.30. The van der Waals surface area contributed by atoms with Gasteiger partial charge in [0, 0.05) is 46.2 Å². The fraction of sp³-hybridized carbons (Fsp3) is 0.471. The first-order chi connectivity index (χ1) is 10.6. The number of hydrogen-bond acceptors (Lipinski definition) is 4. The van der Waals surface area contributed by atoms with Gasteiger partial charge in [0.1, 0.15) is 17.7 Å². The highest BCUT2D eigenvalue weighted by atomic mass is 16.5. The van der Waals surface area contributed by atoms with Gasteiger partial charge in [0.05, 0.1) is 5.69 Å². The zero-order chi connectivity index (χ0) is 15.7. The third-order valence-electron chi connectivity index (χ3n) is 4.12. The highest BCUT2D eigenvalue weighted by Gasteiger charge is 2.22. The van der Waals surface area contributed by atoms with E-state index in [1.807, 2.05) is 23.9 Å². The molecule has 0 aliphatic carbocycles. The Labute approximate surface area is 131 Å². The molecular formula is C17H24N4O. The molecular weight excluding hydrogens is 276 g/mol. The van der Waals surface area contributed by atoms with Gasteiger partial charge in [-0.05, 0) is 18.6 Å². The maximum absolute atomic E-state index is 5.96. The molecule has 2 aromatic rings. The van der Waals surface area contributed by atoms with Crippen LogP contribution in [0.5, 0.6) is 5.75 Å². The van der Waals surface area contributed by atoms with E-state index in [-0.39, 0.29) is 6.10 Å². The van der Waals surface area contributed by atoms with Crippen molar-refractivity contribution in [2.75, 3.05) is 25.5 Å². The first kappa shape index (κ1) is 14.9. The van der Waals surface area contributed by atoms with Crippen molar-refractivity contribution in [2.45, 2.75) is 26.0 Å². The number of nitrogens with zero attached hydrogens (tertiary/aromatic N) is 3. The molecule has 0 saturated carbocycles. The number of para-hydroxylation sites is 1. The number of fused-ring (bicyclic) bond motifs is 1. The van der Waals surface area contributed by atoms with Crippen molar-refractivity contribution in [2.24, 2.45) is 7.05 Å². The molecule has 0 radical (unpaired) electrons. The van der Waals surface area contributed by atoms with Gasteiger partial charge in [-0.3, -0.25) is 4.68 Å². The van der Waals surface area contributed by atoms with E-state index in [0.29, 0.717) is 0 Å². The predicted molar refractivity (Wildman–Crippen MR) is 88.5 cm³/mol. The lowest BCUT2D eigenvalue weighted by molar-refractivity contribution is 0.227. The summed E-state index contributed by atoms with van der Waals surface area (Å²) in [6.45, 7) is 3.71. The second-order valence-corrected chi connectivity index (χ2v) is 6.09. The molecule has 1 aliphatic heterocycles. The topological polar surface area (TPSA) is 42.3 Å². The van der Waals surface area contributed by atoms with E-state index in [0.717, 1.165) is 36.8 Å². The van der Waals surface area contributed by atoms with Crippen LogP contribution in [-0.4, -0.2) is 36.5 Å². The summed E-state index contributed by atoms with van der Waals surface area (Å²) < 4.78 is 7.90. The van der Waals surface area contributed by atoms with Crippen LogP contribution in [0.25, 0.3) is 0 Å². The second-order valence-electron chi connectivity index (χ2n) is 6.09. The van der Waals surface area contributed by atoms with E-state index in [1.165, 1.54) is 11.1 Å². The molecule has 0 unspecified atom stereocenters. The van der Waals surface area contributed by atoms with Gasteiger partial charge < -0.3 is 15.0 Å². The van der Waals surface area contributed by atoms with E-state index in [1.54, 1.807) is 0 Å². The molecule has 5 heteroatoms. The Bertz CT molecular complexity index is 638. The largest absolute Gasteiger partial charge is 0.488 e. The first-order valence-corrected chi connectivity index (χ1v) is 7.71. The molecule has 5 nitrogen and oxygen atoms in total. The van der Waals surface area contributed by atoms with Crippen LogP contribution in [0.2, 0.25) is 0 Å². The van der Waals surface area contributed by atoms with Gasteiger partial charge in [0.15, 0.2) is 0 Å². The van der Waals surface area contributed by atoms with Gasteiger partial charge in [-0.2, -0.15) is 5.10 Å². The minimum atomic E-state index is 0.220. The summed E-state index contributed by atoms with van der Waals surface area (Å²) in [6.07, 6.45) is 1.20. The predicted octanol–water partition coefficient (Wildman–Crippen LogP) is 1.89. The van der Waals surface area contributed by atoms with Gasteiger partial charge in [-0.1, -0.05) is 18.2 Å². The molecule has 1 aliphatic rings. The van der Waals surface area contributed by atoms with Crippen LogP contribution in [0.1, 0.15) is 16.8 Å². The lowest BCUT2D eigenvalue weighted by Gasteiger charge is -2.16.